The monoisotopic (exact) mass is 347 g/mol. The molecule has 0 bridgehead atoms. The Morgan fingerprint density at radius 2 is 1.92 bits per heavy atom. The molecule has 0 radical (unpaired) electrons. The van der Waals surface area contributed by atoms with Crippen LogP contribution in [0.2, 0.25) is 0 Å². The molecule has 2 aliphatic rings. The smallest absolute Gasteiger partial charge is 0.306 e. The second-order valence-corrected chi connectivity index (χ2v) is 6.52. The fraction of sp³-hybridized carbons (Fsp3) is 0.579. The number of likely N-dealkylation sites (tertiary alicyclic amines) is 1. The Kier molecular flexibility index (Phi) is 5.79. The van der Waals surface area contributed by atoms with E-state index in [0.29, 0.717) is 19.3 Å². The molecule has 136 valence electrons. The van der Waals surface area contributed by atoms with Gasteiger partial charge in [0.05, 0.1) is 13.0 Å². The van der Waals surface area contributed by atoms with Gasteiger partial charge in [-0.15, -0.1) is 0 Å². The number of rotatable bonds is 6. The Balaban J connectivity index is 1.42. The van der Waals surface area contributed by atoms with Crippen molar-refractivity contribution in [2.24, 2.45) is 5.92 Å². The fourth-order valence-electron chi connectivity index (χ4n) is 3.39. The molecule has 1 fully saturated rings. The molecule has 2 heterocycles. The van der Waals surface area contributed by atoms with Crippen LogP contribution in [0, 0.1) is 5.92 Å². The van der Waals surface area contributed by atoms with Gasteiger partial charge < -0.3 is 19.1 Å². The number of hydrogen-bond acceptors (Lipinski definition) is 5. The largest absolute Gasteiger partial charge is 0.466 e. The van der Waals surface area contributed by atoms with Crippen molar-refractivity contribution in [3.05, 3.63) is 23.8 Å². The number of piperidine rings is 1. The summed E-state index contributed by atoms with van der Waals surface area (Å²) in [7, 11) is 0. The third kappa shape index (κ3) is 4.65. The molecule has 3 rings (SSSR count). The number of benzene rings is 1. The van der Waals surface area contributed by atoms with E-state index in [1.165, 1.54) is 5.56 Å². The van der Waals surface area contributed by atoms with E-state index >= 15 is 0 Å². The van der Waals surface area contributed by atoms with Crippen LogP contribution in [-0.4, -0.2) is 43.3 Å². The summed E-state index contributed by atoms with van der Waals surface area (Å²) in [5, 5.41) is 0. The van der Waals surface area contributed by atoms with Gasteiger partial charge in [-0.3, -0.25) is 9.59 Å². The van der Waals surface area contributed by atoms with Crippen LogP contribution in [-0.2, 0) is 20.7 Å². The van der Waals surface area contributed by atoms with Crippen molar-refractivity contribution in [1.82, 2.24) is 4.90 Å². The first kappa shape index (κ1) is 17.6. The van der Waals surface area contributed by atoms with Crippen molar-refractivity contribution in [3.63, 3.8) is 0 Å². The van der Waals surface area contributed by atoms with Gasteiger partial charge >= 0.3 is 5.97 Å². The number of carbonyl (C=O) groups is 2. The Morgan fingerprint density at radius 3 is 2.68 bits per heavy atom. The summed E-state index contributed by atoms with van der Waals surface area (Å²) in [5.41, 5.74) is 1.25. The van der Waals surface area contributed by atoms with E-state index in [4.69, 9.17) is 14.2 Å². The Hall–Kier alpha value is -2.24. The topological polar surface area (TPSA) is 65.1 Å². The van der Waals surface area contributed by atoms with Crippen LogP contribution in [0.3, 0.4) is 0 Å². The van der Waals surface area contributed by atoms with Crippen LogP contribution in [0.5, 0.6) is 11.5 Å². The van der Waals surface area contributed by atoms with E-state index in [1.54, 1.807) is 6.92 Å². The zero-order valence-electron chi connectivity index (χ0n) is 14.7. The molecule has 1 amide bonds. The van der Waals surface area contributed by atoms with Crippen molar-refractivity contribution < 1.29 is 23.8 Å². The third-order valence-corrected chi connectivity index (χ3v) is 4.78. The average molecular weight is 347 g/mol. The number of ether oxygens (including phenoxy) is 3. The van der Waals surface area contributed by atoms with Crippen LogP contribution in [0.4, 0.5) is 0 Å². The summed E-state index contributed by atoms with van der Waals surface area (Å²) < 4.78 is 15.6. The first-order valence-electron chi connectivity index (χ1n) is 8.97. The zero-order valence-corrected chi connectivity index (χ0v) is 14.7. The lowest BCUT2D eigenvalue weighted by atomic mass is 9.90. The van der Waals surface area contributed by atoms with E-state index in [0.717, 1.165) is 43.9 Å². The minimum Gasteiger partial charge on any atom is -0.466 e. The molecule has 0 aliphatic carbocycles. The van der Waals surface area contributed by atoms with Crippen LogP contribution in [0.25, 0.3) is 0 Å². The summed E-state index contributed by atoms with van der Waals surface area (Å²) >= 11 is 0. The van der Waals surface area contributed by atoms with Gasteiger partial charge in [-0.1, -0.05) is 6.07 Å². The predicted octanol–water partition coefficient (Wildman–Crippen LogP) is 2.54. The number of esters is 1. The van der Waals surface area contributed by atoms with Crippen LogP contribution >= 0.6 is 0 Å². The highest BCUT2D eigenvalue weighted by atomic mass is 16.7. The molecule has 25 heavy (non-hydrogen) atoms. The van der Waals surface area contributed by atoms with Crippen molar-refractivity contribution in [3.8, 4) is 11.5 Å². The molecule has 0 atom stereocenters. The third-order valence-electron chi connectivity index (χ3n) is 4.78. The van der Waals surface area contributed by atoms with Crippen LogP contribution in [0.15, 0.2) is 18.2 Å². The highest BCUT2D eigenvalue weighted by Crippen LogP contribution is 2.34. The Labute approximate surface area is 148 Å². The molecular formula is C19H25NO5. The normalized spacial score (nSPS) is 16.8. The number of fused-ring (bicyclic) bond motifs is 1. The highest BCUT2D eigenvalue weighted by Gasteiger charge is 2.24. The van der Waals surface area contributed by atoms with Gasteiger partial charge in [0, 0.05) is 19.5 Å². The molecule has 0 spiro atoms. The number of hydrogen-bond donors (Lipinski definition) is 0. The van der Waals surface area contributed by atoms with Gasteiger partial charge in [-0.05, 0) is 49.8 Å². The molecular weight excluding hydrogens is 322 g/mol. The lowest BCUT2D eigenvalue weighted by Crippen LogP contribution is -2.39. The fourth-order valence-corrected chi connectivity index (χ4v) is 3.39. The molecule has 1 saturated heterocycles. The Morgan fingerprint density at radius 1 is 1.16 bits per heavy atom. The maximum Gasteiger partial charge on any atom is 0.306 e. The summed E-state index contributed by atoms with van der Waals surface area (Å²) in [5.74, 6) is 1.95. The van der Waals surface area contributed by atoms with Gasteiger partial charge in [0.25, 0.3) is 0 Å². The number of nitrogens with zero attached hydrogens (tertiary/aromatic N) is 1. The lowest BCUT2D eigenvalue weighted by Gasteiger charge is -2.32. The lowest BCUT2D eigenvalue weighted by molar-refractivity contribution is -0.146. The summed E-state index contributed by atoms with van der Waals surface area (Å²) in [6.45, 7) is 3.95. The summed E-state index contributed by atoms with van der Waals surface area (Å²) in [6.07, 6.45) is 3.37. The van der Waals surface area contributed by atoms with Gasteiger partial charge in [0.2, 0.25) is 12.7 Å². The minimum atomic E-state index is -0.298. The summed E-state index contributed by atoms with van der Waals surface area (Å²) in [4.78, 5) is 25.4. The molecule has 0 N–H and O–H groups in total. The molecule has 2 aliphatic heterocycles. The van der Waals surface area contributed by atoms with Crippen LogP contribution < -0.4 is 9.47 Å². The van der Waals surface area contributed by atoms with Gasteiger partial charge in [-0.2, -0.15) is 0 Å². The first-order valence-corrected chi connectivity index (χ1v) is 8.97. The second-order valence-electron chi connectivity index (χ2n) is 6.52. The zero-order chi connectivity index (χ0) is 17.6. The molecule has 6 heteroatoms. The first-order chi connectivity index (χ1) is 12.2. The van der Waals surface area contributed by atoms with Crippen molar-refractivity contribution in [1.29, 1.82) is 0 Å². The van der Waals surface area contributed by atoms with Gasteiger partial charge in [0.15, 0.2) is 11.5 Å². The summed E-state index contributed by atoms with van der Waals surface area (Å²) in [6, 6.07) is 6.11. The van der Waals surface area contributed by atoms with Crippen molar-refractivity contribution in [2.75, 3.05) is 26.5 Å². The minimum absolute atomic E-state index is 0.0505. The van der Waals surface area contributed by atoms with Gasteiger partial charge in [-0.25, -0.2) is 0 Å². The molecule has 0 saturated carbocycles. The van der Waals surface area contributed by atoms with Crippen molar-refractivity contribution in [2.45, 2.75) is 39.0 Å². The van der Waals surface area contributed by atoms with E-state index in [1.807, 2.05) is 11.0 Å². The number of carbonyl (C=O) groups excluding carboxylic acids is 2. The molecule has 1 aromatic rings. The van der Waals surface area contributed by atoms with Crippen molar-refractivity contribution >= 4 is 11.9 Å². The molecule has 6 nitrogen and oxygen atoms in total. The van der Waals surface area contributed by atoms with Gasteiger partial charge in [0.1, 0.15) is 0 Å². The van der Waals surface area contributed by atoms with Crippen LogP contribution in [0.1, 0.15) is 38.2 Å². The molecule has 0 aromatic heterocycles. The standard InChI is InChI=1S/C19H25NO5/c1-2-23-19(22)6-5-18(21)20-9-7-14(8-10-20)11-15-3-4-16-17(12-15)25-13-24-16/h3-4,12,14H,2,5-11,13H2,1H3. The van der Waals surface area contributed by atoms with E-state index in [-0.39, 0.29) is 24.7 Å². The Bertz CT molecular complexity index is 622. The quantitative estimate of drug-likeness (QED) is 0.740. The highest BCUT2D eigenvalue weighted by molar-refractivity contribution is 5.81. The number of amides is 1. The molecule has 0 unspecified atom stereocenters. The van der Waals surface area contributed by atoms with E-state index in [9.17, 15) is 9.59 Å². The predicted molar refractivity (Wildman–Crippen MR) is 91.4 cm³/mol. The second kappa shape index (κ2) is 8.23. The molecule has 1 aromatic carbocycles. The maximum absolute atomic E-state index is 12.2. The van der Waals surface area contributed by atoms with E-state index in [2.05, 4.69) is 12.1 Å². The average Bonchev–Trinajstić information content (AvgIpc) is 3.08. The SMILES string of the molecule is CCOC(=O)CCC(=O)N1CCC(Cc2ccc3c(c2)OCO3)CC1. The maximum atomic E-state index is 12.2. The van der Waals surface area contributed by atoms with E-state index < -0.39 is 0 Å².